The molecule has 7 heteroatoms. The van der Waals surface area contributed by atoms with Crippen molar-refractivity contribution in [1.29, 1.82) is 0 Å². The minimum absolute atomic E-state index is 0.252. The number of nitro benzene ring substituents is 1. The summed E-state index contributed by atoms with van der Waals surface area (Å²) < 4.78 is 14.2. The number of aromatic nitrogens is 1. The molecule has 0 radical (unpaired) electrons. The molecule has 1 aliphatic rings. The molecule has 1 atom stereocenters. The lowest BCUT2D eigenvalue weighted by atomic mass is 10.1. The largest absolute Gasteiger partial charge is 0.381 e. The van der Waals surface area contributed by atoms with Crippen molar-refractivity contribution in [3.63, 3.8) is 0 Å². The molecule has 21 heavy (non-hydrogen) atoms. The molecule has 1 saturated heterocycles. The maximum atomic E-state index is 14.2. The third-order valence-electron chi connectivity index (χ3n) is 3.61. The van der Waals surface area contributed by atoms with Gasteiger partial charge in [0.2, 0.25) is 0 Å². The standard InChI is InChI=1S/C14H14FN3O2S/c15-11-6-12(18(19)20)10-2-1-4-16-13(10)14(11)17-7-9-3-5-21-8-9/h1-2,4,6,9,17H,3,5,7-8H2. The number of thioether (sulfide) groups is 1. The number of benzene rings is 1. The van der Waals surface area contributed by atoms with E-state index < -0.39 is 10.7 Å². The predicted octanol–water partition coefficient (Wildman–Crippen LogP) is 3.45. The van der Waals surface area contributed by atoms with E-state index in [0.29, 0.717) is 23.4 Å². The van der Waals surface area contributed by atoms with Gasteiger partial charge in [-0.15, -0.1) is 0 Å². The van der Waals surface area contributed by atoms with Crippen molar-refractivity contribution in [2.75, 3.05) is 23.4 Å². The van der Waals surface area contributed by atoms with Crippen molar-refractivity contribution in [2.45, 2.75) is 6.42 Å². The molecule has 1 unspecified atom stereocenters. The smallest absolute Gasteiger partial charge is 0.281 e. The van der Waals surface area contributed by atoms with E-state index in [4.69, 9.17) is 0 Å². The molecule has 110 valence electrons. The van der Waals surface area contributed by atoms with Gasteiger partial charge in [0.1, 0.15) is 5.52 Å². The maximum absolute atomic E-state index is 14.2. The molecular formula is C14H14FN3O2S. The molecule has 0 bridgehead atoms. The number of hydrogen-bond acceptors (Lipinski definition) is 5. The number of nitrogens with one attached hydrogen (secondary N) is 1. The lowest BCUT2D eigenvalue weighted by molar-refractivity contribution is -0.383. The zero-order chi connectivity index (χ0) is 14.8. The van der Waals surface area contributed by atoms with Crippen LogP contribution in [0, 0.1) is 21.8 Å². The van der Waals surface area contributed by atoms with E-state index in [2.05, 4.69) is 10.3 Å². The van der Waals surface area contributed by atoms with Gasteiger partial charge in [-0.05, 0) is 36.0 Å². The van der Waals surface area contributed by atoms with Gasteiger partial charge in [0.25, 0.3) is 5.69 Å². The van der Waals surface area contributed by atoms with E-state index >= 15 is 0 Å². The lowest BCUT2D eigenvalue weighted by Crippen LogP contribution is -2.15. The summed E-state index contributed by atoms with van der Waals surface area (Å²) in [5.41, 5.74) is 0.320. The number of pyridine rings is 1. The van der Waals surface area contributed by atoms with Crippen LogP contribution in [0.1, 0.15) is 6.42 Å². The molecule has 5 nitrogen and oxygen atoms in total. The second-order valence-corrected chi connectivity index (χ2v) is 6.17. The van der Waals surface area contributed by atoms with Gasteiger partial charge in [0.15, 0.2) is 5.82 Å². The lowest BCUT2D eigenvalue weighted by Gasteiger charge is -2.13. The zero-order valence-corrected chi connectivity index (χ0v) is 12.0. The van der Waals surface area contributed by atoms with Gasteiger partial charge >= 0.3 is 0 Å². The summed E-state index contributed by atoms with van der Waals surface area (Å²) in [6, 6.07) is 4.18. The van der Waals surface area contributed by atoms with Crippen LogP contribution in [0.25, 0.3) is 10.9 Å². The Labute approximate surface area is 125 Å². The van der Waals surface area contributed by atoms with Crippen molar-refractivity contribution >= 4 is 34.0 Å². The Morgan fingerprint density at radius 3 is 3.14 bits per heavy atom. The highest BCUT2D eigenvalue weighted by Crippen LogP contribution is 2.33. The van der Waals surface area contributed by atoms with Crippen molar-refractivity contribution in [3.8, 4) is 0 Å². The van der Waals surface area contributed by atoms with Gasteiger partial charge in [0.05, 0.1) is 22.1 Å². The van der Waals surface area contributed by atoms with Crippen molar-refractivity contribution < 1.29 is 9.31 Å². The highest BCUT2D eigenvalue weighted by molar-refractivity contribution is 7.99. The molecule has 0 spiro atoms. The third-order valence-corrected chi connectivity index (χ3v) is 4.84. The Balaban J connectivity index is 1.99. The molecule has 2 heterocycles. The number of non-ortho nitro benzene ring substituents is 1. The van der Waals surface area contributed by atoms with E-state index in [-0.39, 0.29) is 11.4 Å². The summed E-state index contributed by atoms with van der Waals surface area (Å²) in [6.45, 7) is 0.660. The molecule has 0 saturated carbocycles. The Morgan fingerprint density at radius 1 is 1.57 bits per heavy atom. The van der Waals surface area contributed by atoms with Crippen LogP contribution in [0.15, 0.2) is 24.4 Å². The Kier molecular flexibility index (Phi) is 3.92. The minimum atomic E-state index is -0.626. The molecule has 0 amide bonds. The number of fused-ring (bicyclic) bond motifs is 1. The summed E-state index contributed by atoms with van der Waals surface area (Å²) in [5.74, 6) is 2.07. The van der Waals surface area contributed by atoms with Crippen LogP contribution in [0.4, 0.5) is 15.8 Å². The monoisotopic (exact) mass is 307 g/mol. The van der Waals surface area contributed by atoms with Crippen LogP contribution in [0.5, 0.6) is 0 Å². The molecule has 3 rings (SSSR count). The number of hydrogen-bond donors (Lipinski definition) is 1. The van der Waals surface area contributed by atoms with Crippen molar-refractivity contribution in [3.05, 3.63) is 40.3 Å². The number of nitrogens with zero attached hydrogens (tertiary/aromatic N) is 2. The second-order valence-electron chi connectivity index (χ2n) is 5.02. The first-order chi connectivity index (χ1) is 10.2. The van der Waals surface area contributed by atoms with Gasteiger partial charge in [-0.2, -0.15) is 11.8 Å². The Morgan fingerprint density at radius 2 is 2.43 bits per heavy atom. The first-order valence-corrected chi connectivity index (χ1v) is 7.85. The summed E-state index contributed by atoms with van der Waals surface area (Å²) in [7, 11) is 0. The summed E-state index contributed by atoms with van der Waals surface area (Å²) in [6.07, 6.45) is 2.62. The normalized spacial score (nSPS) is 18.0. The fourth-order valence-corrected chi connectivity index (χ4v) is 3.79. The first kappa shape index (κ1) is 14.1. The molecule has 1 aromatic carbocycles. The predicted molar refractivity (Wildman–Crippen MR) is 82.3 cm³/mol. The van der Waals surface area contributed by atoms with E-state index in [9.17, 15) is 14.5 Å². The number of anilines is 1. The van der Waals surface area contributed by atoms with Gasteiger partial charge in [-0.3, -0.25) is 15.1 Å². The maximum Gasteiger partial charge on any atom is 0.281 e. The Hall–Kier alpha value is -1.89. The third kappa shape index (κ3) is 2.78. The van der Waals surface area contributed by atoms with Crippen LogP contribution in [0.2, 0.25) is 0 Å². The average Bonchev–Trinajstić information content (AvgIpc) is 2.98. The van der Waals surface area contributed by atoms with Crippen LogP contribution >= 0.6 is 11.8 Å². The highest BCUT2D eigenvalue weighted by Gasteiger charge is 2.21. The van der Waals surface area contributed by atoms with Crippen LogP contribution in [0.3, 0.4) is 0 Å². The van der Waals surface area contributed by atoms with Gasteiger partial charge in [0, 0.05) is 12.7 Å². The van der Waals surface area contributed by atoms with Gasteiger partial charge < -0.3 is 5.32 Å². The van der Waals surface area contributed by atoms with E-state index in [1.165, 1.54) is 6.20 Å². The average molecular weight is 307 g/mol. The SMILES string of the molecule is O=[N+]([O-])c1cc(F)c(NCC2CCSC2)c2ncccc12. The topological polar surface area (TPSA) is 68.1 Å². The zero-order valence-electron chi connectivity index (χ0n) is 11.2. The van der Waals surface area contributed by atoms with Gasteiger partial charge in [-0.1, -0.05) is 0 Å². The molecule has 1 aliphatic heterocycles. The number of rotatable bonds is 4. The minimum Gasteiger partial charge on any atom is -0.381 e. The van der Waals surface area contributed by atoms with Crippen LogP contribution in [-0.4, -0.2) is 28.0 Å². The summed E-state index contributed by atoms with van der Waals surface area (Å²) in [5, 5.41) is 14.5. The van der Waals surface area contributed by atoms with Gasteiger partial charge in [-0.25, -0.2) is 4.39 Å². The Bertz CT molecular complexity index is 689. The molecule has 1 N–H and O–H groups in total. The molecule has 2 aromatic rings. The van der Waals surface area contributed by atoms with Crippen molar-refractivity contribution in [2.24, 2.45) is 5.92 Å². The number of nitro groups is 1. The fourth-order valence-electron chi connectivity index (χ4n) is 2.50. The number of halogens is 1. The quantitative estimate of drug-likeness (QED) is 0.692. The highest BCUT2D eigenvalue weighted by atomic mass is 32.2. The molecule has 1 aromatic heterocycles. The van der Waals surface area contributed by atoms with E-state index in [1.54, 1.807) is 12.1 Å². The fraction of sp³-hybridized carbons (Fsp3) is 0.357. The van der Waals surface area contributed by atoms with E-state index in [0.717, 1.165) is 24.0 Å². The molecule has 0 aliphatic carbocycles. The van der Waals surface area contributed by atoms with E-state index in [1.807, 2.05) is 11.8 Å². The van der Waals surface area contributed by atoms with Crippen LogP contribution in [-0.2, 0) is 0 Å². The second kappa shape index (κ2) is 5.85. The van der Waals surface area contributed by atoms with Crippen molar-refractivity contribution in [1.82, 2.24) is 4.98 Å². The molecular weight excluding hydrogens is 293 g/mol. The summed E-state index contributed by atoms with van der Waals surface area (Å²) >= 11 is 1.89. The molecule has 1 fully saturated rings. The summed E-state index contributed by atoms with van der Waals surface area (Å²) in [4.78, 5) is 14.6. The van der Waals surface area contributed by atoms with Crippen LogP contribution < -0.4 is 5.32 Å². The first-order valence-electron chi connectivity index (χ1n) is 6.70.